The number of halogens is 1. The molecule has 0 aromatic heterocycles. The Bertz CT molecular complexity index is 551. The van der Waals surface area contributed by atoms with E-state index >= 15 is 0 Å². The smallest absolute Gasteiger partial charge is 0.181 e. The highest BCUT2D eigenvalue weighted by molar-refractivity contribution is 9.10. The normalized spacial score (nSPS) is 25.2. The van der Waals surface area contributed by atoms with E-state index in [9.17, 15) is 13.2 Å². The lowest BCUT2D eigenvalue weighted by Crippen LogP contribution is -2.26. The van der Waals surface area contributed by atoms with Crippen molar-refractivity contribution in [2.24, 2.45) is 5.92 Å². The van der Waals surface area contributed by atoms with E-state index in [1.807, 2.05) is 0 Å². The third kappa shape index (κ3) is 2.31. The van der Waals surface area contributed by atoms with Gasteiger partial charge in [0.15, 0.2) is 9.84 Å². The van der Waals surface area contributed by atoms with Gasteiger partial charge < -0.3 is 0 Å². The van der Waals surface area contributed by atoms with Crippen molar-refractivity contribution in [3.8, 4) is 0 Å². The average Bonchev–Trinajstić information content (AvgIpc) is 2.60. The molecule has 1 aliphatic carbocycles. The molecule has 0 spiro atoms. The topological polar surface area (TPSA) is 51.2 Å². The first kappa shape index (κ1) is 12.8. The van der Waals surface area contributed by atoms with E-state index in [4.69, 9.17) is 0 Å². The van der Waals surface area contributed by atoms with E-state index in [1.165, 1.54) is 0 Å². The van der Waals surface area contributed by atoms with Crippen LogP contribution in [-0.2, 0) is 14.6 Å². The second-order valence-corrected chi connectivity index (χ2v) is 7.42. The van der Waals surface area contributed by atoms with Crippen LogP contribution in [0.25, 0.3) is 0 Å². The first-order chi connectivity index (χ1) is 7.93. The van der Waals surface area contributed by atoms with Gasteiger partial charge in [-0.15, -0.1) is 0 Å². The molecule has 92 valence electrons. The van der Waals surface area contributed by atoms with Gasteiger partial charge in [-0.3, -0.25) is 4.79 Å². The number of carbonyl (C=O) groups is 1. The number of rotatable bonds is 2. The largest absolute Gasteiger partial charge is 0.299 e. The Morgan fingerprint density at radius 2 is 2.06 bits per heavy atom. The molecule has 0 radical (unpaired) electrons. The third-order valence-corrected chi connectivity index (χ3v) is 6.11. The lowest BCUT2D eigenvalue weighted by Gasteiger charge is -2.15. The SMILES string of the molecule is CC1C(=O)CCC1S(=O)(=O)c1cccc(Br)c1. The highest BCUT2D eigenvalue weighted by atomic mass is 79.9. The van der Waals surface area contributed by atoms with E-state index in [0.717, 1.165) is 4.47 Å². The van der Waals surface area contributed by atoms with Gasteiger partial charge >= 0.3 is 0 Å². The van der Waals surface area contributed by atoms with Crippen molar-refractivity contribution in [2.75, 3.05) is 0 Å². The number of Topliss-reactive ketones (excluding diaryl/α,β-unsaturated/α-hetero) is 1. The molecule has 2 atom stereocenters. The van der Waals surface area contributed by atoms with Gasteiger partial charge in [0.1, 0.15) is 5.78 Å². The van der Waals surface area contributed by atoms with Crippen molar-refractivity contribution in [2.45, 2.75) is 29.9 Å². The fourth-order valence-corrected chi connectivity index (χ4v) is 4.79. The molecule has 0 amide bonds. The van der Waals surface area contributed by atoms with E-state index < -0.39 is 15.1 Å². The van der Waals surface area contributed by atoms with Crippen LogP contribution in [0.2, 0.25) is 0 Å². The summed E-state index contributed by atoms with van der Waals surface area (Å²) in [5.41, 5.74) is 0. The molecule has 0 heterocycles. The molecular formula is C12H13BrO3S. The highest BCUT2D eigenvalue weighted by Crippen LogP contribution is 2.32. The van der Waals surface area contributed by atoms with Crippen LogP contribution in [-0.4, -0.2) is 19.5 Å². The maximum atomic E-state index is 12.4. The summed E-state index contributed by atoms with van der Waals surface area (Å²) in [7, 11) is -3.39. The summed E-state index contributed by atoms with van der Waals surface area (Å²) in [6.45, 7) is 1.70. The quantitative estimate of drug-likeness (QED) is 0.842. The molecule has 1 fully saturated rings. The van der Waals surface area contributed by atoms with Gasteiger partial charge in [0, 0.05) is 16.8 Å². The van der Waals surface area contributed by atoms with Crippen LogP contribution in [0.3, 0.4) is 0 Å². The molecule has 1 aromatic carbocycles. The van der Waals surface area contributed by atoms with Crippen LogP contribution in [0, 0.1) is 5.92 Å². The molecule has 2 unspecified atom stereocenters. The van der Waals surface area contributed by atoms with Crippen LogP contribution in [0.15, 0.2) is 33.6 Å². The number of hydrogen-bond acceptors (Lipinski definition) is 3. The Hall–Kier alpha value is -0.680. The molecule has 17 heavy (non-hydrogen) atoms. The summed E-state index contributed by atoms with van der Waals surface area (Å²) in [5, 5.41) is -0.565. The van der Waals surface area contributed by atoms with E-state index in [0.29, 0.717) is 17.7 Å². The summed E-state index contributed by atoms with van der Waals surface area (Å²) in [4.78, 5) is 11.7. The standard InChI is InChI=1S/C12H13BrO3S/c1-8-11(14)5-6-12(8)17(15,16)10-4-2-3-9(13)7-10/h2-4,7-8,12H,5-6H2,1H3. The molecule has 0 aliphatic heterocycles. The zero-order valence-corrected chi connectivity index (χ0v) is 11.8. The molecule has 0 bridgehead atoms. The summed E-state index contributed by atoms with van der Waals surface area (Å²) in [6.07, 6.45) is 0.813. The number of ketones is 1. The second kappa shape index (κ2) is 4.53. The maximum absolute atomic E-state index is 12.4. The predicted octanol–water partition coefficient (Wildman–Crippen LogP) is 2.59. The van der Waals surface area contributed by atoms with Crippen LogP contribution >= 0.6 is 15.9 Å². The molecule has 3 nitrogen and oxygen atoms in total. The second-order valence-electron chi connectivity index (χ2n) is 4.33. The van der Waals surface area contributed by atoms with Gasteiger partial charge in [-0.05, 0) is 24.6 Å². The summed E-state index contributed by atoms with van der Waals surface area (Å²) in [6, 6.07) is 6.64. The van der Waals surface area contributed by atoms with Gasteiger partial charge in [0.25, 0.3) is 0 Å². The fraction of sp³-hybridized carbons (Fsp3) is 0.417. The van der Waals surface area contributed by atoms with Crippen LogP contribution < -0.4 is 0 Å². The van der Waals surface area contributed by atoms with Crippen molar-refractivity contribution < 1.29 is 13.2 Å². The number of hydrogen-bond donors (Lipinski definition) is 0. The van der Waals surface area contributed by atoms with Crippen LogP contribution in [0.1, 0.15) is 19.8 Å². The molecule has 1 saturated carbocycles. The van der Waals surface area contributed by atoms with Gasteiger partial charge in [0.05, 0.1) is 10.1 Å². The molecule has 1 aliphatic rings. The van der Waals surface area contributed by atoms with Gasteiger partial charge in [-0.1, -0.05) is 28.9 Å². The van der Waals surface area contributed by atoms with Crippen LogP contribution in [0.4, 0.5) is 0 Å². The molecular weight excluding hydrogens is 304 g/mol. The Kier molecular flexibility index (Phi) is 3.41. The summed E-state index contributed by atoms with van der Waals surface area (Å²) >= 11 is 3.26. The molecule has 0 saturated heterocycles. The Morgan fingerprint density at radius 1 is 1.35 bits per heavy atom. The van der Waals surface area contributed by atoms with Crippen molar-refractivity contribution in [3.63, 3.8) is 0 Å². The van der Waals surface area contributed by atoms with Crippen molar-refractivity contribution in [1.29, 1.82) is 0 Å². The lowest BCUT2D eigenvalue weighted by molar-refractivity contribution is -0.120. The number of benzene rings is 1. The van der Waals surface area contributed by atoms with Crippen molar-refractivity contribution in [3.05, 3.63) is 28.7 Å². The number of carbonyl (C=O) groups excluding carboxylic acids is 1. The highest BCUT2D eigenvalue weighted by Gasteiger charge is 2.40. The predicted molar refractivity (Wildman–Crippen MR) is 68.5 cm³/mol. The third-order valence-electron chi connectivity index (χ3n) is 3.26. The van der Waals surface area contributed by atoms with Crippen molar-refractivity contribution >= 4 is 31.6 Å². The van der Waals surface area contributed by atoms with E-state index in [1.54, 1.807) is 31.2 Å². The monoisotopic (exact) mass is 316 g/mol. The first-order valence-corrected chi connectivity index (χ1v) is 7.79. The average molecular weight is 317 g/mol. The molecule has 1 aromatic rings. The van der Waals surface area contributed by atoms with Crippen LogP contribution in [0.5, 0.6) is 0 Å². The molecule has 2 rings (SSSR count). The van der Waals surface area contributed by atoms with Gasteiger partial charge in [-0.2, -0.15) is 0 Å². The van der Waals surface area contributed by atoms with E-state index in [-0.39, 0.29) is 11.7 Å². The molecule has 5 heteroatoms. The zero-order valence-electron chi connectivity index (χ0n) is 9.39. The Labute approximate surface area is 109 Å². The fourth-order valence-electron chi connectivity index (χ4n) is 2.21. The lowest BCUT2D eigenvalue weighted by atomic mass is 10.1. The van der Waals surface area contributed by atoms with E-state index in [2.05, 4.69) is 15.9 Å². The summed E-state index contributed by atoms with van der Waals surface area (Å²) in [5.74, 6) is -0.340. The van der Waals surface area contributed by atoms with Gasteiger partial charge in [0.2, 0.25) is 0 Å². The van der Waals surface area contributed by atoms with Gasteiger partial charge in [-0.25, -0.2) is 8.42 Å². The minimum atomic E-state index is -3.39. The zero-order chi connectivity index (χ0) is 12.6. The minimum absolute atomic E-state index is 0.0496. The molecule has 0 N–H and O–H groups in total. The Balaban J connectivity index is 2.41. The number of sulfone groups is 1. The Morgan fingerprint density at radius 3 is 2.59 bits per heavy atom. The minimum Gasteiger partial charge on any atom is -0.299 e. The van der Waals surface area contributed by atoms with Crippen molar-refractivity contribution in [1.82, 2.24) is 0 Å². The summed E-state index contributed by atoms with van der Waals surface area (Å²) < 4.78 is 25.5. The maximum Gasteiger partial charge on any atom is 0.181 e. The first-order valence-electron chi connectivity index (χ1n) is 5.45.